The smallest absolute Gasteiger partial charge is 0.200 e. The van der Waals surface area contributed by atoms with Gasteiger partial charge in [0.25, 0.3) is 0 Å². The zero-order valence-corrected chi connectivity index (χ0v) is 23.8. The maximum Gasteiger partial charge on any atom is 0.200 e. The number of rotatable bonds is 17. The van der Waals surface area contributed by atoms with E-state index >= 15 is 0 Å². The molecule has 1 nitrogen and oxygen atoms in total. The Morgan fingerprint density at radius 3 is 1.65 bits per heavy atom. The average Bonchev–Trinajstić information content (AvgIpc) is 2.74. The Hall–Kier alpha value is 0.340. The average molecular weight is 600 g/mol. The van der Waals surface area contributed by atoms with Crippen molar-refractivity contribution >= 4 is 57.4 Å². The van der Waals surface area contributed by atoms with Gasteiger partial charge in [-0.05, 0) is 43.7 Å². The predicted octanol–water partition coefficient (Wildman–Crippen LogP) is 10.1. The van der Waals surface area contributed by atoms with Crippen LogP contribution in [0.1, 0.15) is 96.5 Å². The quantitative estimate of drug-likeness (QED) is 0.0417. The van der Waals surface area contributed by atoms with Crippen molar-refractivity contribution in [3.8, 4) is 12.3 Å². The molecule has 0 amide bonds. The Morgan fingerprint density at radius 1 is 0.806 bits per heavy atom. The second-order valence-corrected chi connectivity index (χ2v) is 11.1. The molecule has 0 radical (unpaired) electrons. The van der Waals surface area contributed by atoms with Crippen LogP contribution in [-0.2, 0) is 6.54 Å². The van der Waals surface area contributed by atoms with Gasteiger partial charge in [-0.2, -0.15) is 0 Å². The van der Waals surface area contributed by atoms with E-state index in [0.29, 0.717) is 15.1 Å². The number of terminal acetylenes is 1. The molecule has 0 fully saturated rings. The zero-order valence-electron chi connectivity index (χ0n) is 19.4. The van der Waals surface area contributed by atoms with Gasteiger partial charge >= 0.3 is 0 Å². The fraction of sp³-hybridized carbons (Fsp3) is 0.692. The summed E-state index contributed by atoms with van der Waals surface area (Å²) in [5.74, 6) is 3.05. The minimum atomic E-state index is 0.0895. The van der Waals surface area contributed by atoms with Crippen molar-refractivity contribution < 1.29 is 4.48 Å². The second-order valence-electron chi connectivity index (χ2n) is 8.71. The first kappa shape index (κ1) is 29.4. The first-order chi connectivity index (χ1) is 14.9. The Balaban J connectivity index is 2.98. The fourth-order valence-electron chi connectivity index (χ4n) is 4.19. The van der Waals surface area contributed by atoms with E-state index in [4.69, 9.17) is 41.2 Å². The van der Waals surface area contributed by atoms with E-state index in [2.05, 4.69) is 42.4 Å². The Bertz CT molecular complexity index is 632. The normalized spacial score (nSPS) is 12.7. The molecule has 0 saturated heterocycles. The molecule has 1 aromatic rings. The van der Waals surface area contributed by atoms with E-state index in [1.54, 1.807) is 12.1 Å². The third-order valence-corrected chi connectivity index (χ3v) is 8.55. The topological polar surface area (TPSA) is 0 Å². The van der Waals surface area contributed by atoms with Crippen molar-refractivity contribution in [2.24, 2.45) is 0 Å². The molecule has 1 rings (SSSR count). The number of quaternary nitrogens is 1. The molecule has 0 aliphatic carbocycles. The van der Waals surface area contributed by atoms with Crippen molar-refractivity contribution in [3.05, 3.63) is 32.8 Å². The highest BCUT2D eigenvalue weighted by Crippen LogP contribution is 2.35. The third-order valence-electron chi connectivity index (χ3n) is 6.11. The molecule has 1 atom stereocenters. The number of hydrogen-bond donors (Lipinski definition) is 0. The number of hydrogen-bond acceptors (Lipinski definition) is 0. The molecule has 0 aromatic heterocycles. The van der Waals surface area contributed by atoms with Crippen molar-refractivity contribution in [1.82, 2.24) is 0 Å². The highest BCUT2D eigenvalue weighted by Gasteiger charge is 2.35. The van der Waals surface area contributed by atoms with Crippen LogP contribution in [0, 0.1) is 12.3 Å². The minimum absolute atomic E-state index is 0.0895. The molecule has 0 heterocycles. The standard InChI is InChI=1S/C26H40Cl3IN/c1-4-7-9-11-13-15-17-31(26(30)6-3,18-16-14-12-10-8-5-2)21-23-24(28)19-22(27)20-25(23)29/h3,19-20,26H,4-5,7-18,21H2,1-2H3/q+1. The first-order valence-corrected chi connectivity index (χ1v) is 14.4. The lowest BCUT2D eigenvalue weighted by Gasteiger charge is -2.41. The van der Waals surface area contributed by atoms with E-state index in [-0.39, 0.29) is 4.05 Å². The van der Waals surface area contributed by atoms with Gasteiger partial charge in [0.2, 0.25) is 4.05 Å². The fourth-order valence-corrected chi connectivity index (χ4v) is 5.88. The zero-order chi connectivity index (χ0) is 23.1. The summed E-state index contributed by atoms with van der Waals surface area (Å²) in [7, 11) is 0. The molecule has 1 unspecified atom stereocenters. The van der Waals surface area contributed by atoms with Crippen LogP contribution in [0.25, 0.3) is 0 Å². The lowest BCUT2D eigenvalue weighted by molar-refractivity contribution is -0.940. The Morgan fingerprint density at radius 2 is 1.23 bits per heavy atom. The van der Waals surface area contributed by atoms with Gasteiger partial charge in [0.1, 0.15) is 6.54 Å². The second kappa shape index (κ2) is 16.9. The molecule has 0 spiro atoms. The molecular weight excluding hydrogens is 560 g/mol. The van der Waals surface area contributed by atoms with Gasteiger partial charge in [0.15, 0.2) is 0 Å². The van der Waals surface area contributed by atoms with Crippen molar-refractivity contribution in [3.63, 3.8) is 0 Å². The van der Waals surface area contributed by atoms with Crippen LogP contribution in [0.4, 0.5) is 0 Å². The Labute approximate surface area is 220 Å². The van der Waals surface area contributed by atoms with Crippen LogP contribution < -0.4 is 0 Å². The van der Waals surface area contributed by atoms with Crippen LogP contribution in [0.5, 0.6) is 0 Å². The number of alkyl halides is 1. The van der Waals surface area contributed by atoms with Crippen LogP contribution in [0.3, 0.4) is 0 Å². The van der Waals surface area contributed by atoms with Crippen molar-refractivity contribution in [2.75, 3.05) is 13.1 Å². The van der Waals surface area contributed by atoms with Crippen LogP contribution in [0.2, 0.25) is 15.1 Å². The molecule has 31 heavy (non-hydrogen) atoms. The van der Waals surface area contributed by atoms with Gasteiger partial charge < -0.3 is 0 Å². The van der Waals surface area contributed by atoms with E-state index < -0.39 is 0 Å². The number of unbranched alkanes of at least 4 members (excludes halogenated alkanes) is 10. The maximum atomic E-state index is 6.59. The summed E-state index contributed by atoms with van der Waals surface area (Å²) in [4.78, 5) is 0. The van der Waals surface area contributed by atoms with Gasteiger partial charge in [0, 0.05) is 33.2 Å². The molecular formula is C26H40Cl3IN+. The van der Waals surface area contributed by atoms with E-state index in [1.807, 2.05) is 0 Å². The molecule has 176 valence electrons. The van der Waals surface area contributed by atoms with Gasteiger partial charge in [0.05, 0.1) is 23.1 Å². The SMILES string of the molecule is C#CC(I)[N+](CCCCCCCC)(CCCCCCCC)Cc1c(Cl)cc(Cl)cc1Cl. The van der Waals surface area contributed by atoms with E-state index in [9.17, 15) is 0 Å². The molecule has 0 aliphatic rings. The van der Waals surface area contributed by atoms with Gasteiger partial charge in [-0.3, -0.25) is 4.48 Å². The molecule has 0 saturated carbocycles. The highest BCUT2D eigenvalue weighted by atomic mass is 127. The largest absolute Gasteiger partial charge is 0.299 e. The van der Waals surface area contributed by atoms with E-state index in [1.165, 1.54) is 77.0 Å². The molecule has 0 N–H and O–H groups in total. The van der Waals surface area contributed by atoms with Crippen molar-refractivity contribution in [1.29, 1.82) is 0 Å². The first-order valence-electron chi connectivity index (χ1n) is 12.0. The summed E-state index contributed by atoms with van der Waals surface area (Å²) in [6.45, 7) is 7.41. The van der Waals surface area contributed by atoms with E-state index in [0.717, 1.165) is 29.7 Å². The van der Waals surface area contributed by atoms with Crippen molar-refractivity contribution in [2.45, 2.75) is 101 Å². The van der Waals surface area contributed by atoms with Gasteiger partial charge in [-0.15, -0.1) is 6.42 Å². The molecule has 0 aliphatic heterocycles. The number of halogens is 4. The van der Waals surface area contributed by atoms with Gasteiger partial charge in [-0.25, -0.2) is 0 Å². The predicted molar refractivity (Wildman–Crippen MR) is 149 cm³/mol. The Kier molecular flexibility index (Phi) is 16.0. The number of benzene rings is 1. The van der Waals surface area contributed by atoms with Gasteiger partial charge in [-0.1, -0.05) is 100 Å². The van der Waals surface area contributed by atoms with Crippen LogP contribution in [0.15, 0.2) is 12.1 Å². The molecule has 5 heteroatoms. The number of nitrogens with zero attached hydrogens (tertiary/aromatic N) is 1. The molecule has 1 aromatic carbocycles. The summed E-state index contributed by atoms with van der Waals surface area (Å²) in [5, 5.41) is 1.87. The minimum Gasteiger partial charge on any atom is -0.299 e. The van der Waals surface area contributed by atoms with Crippen LogP contribution in [-0.4, -0.2) is 21.6 Å². The summed E-state index contributed by atoms with van der Waals surface area (Å²) >= 11 is 21.8. The summed E-state index contributed by atoms with van der Waals surface area (Å²) in [5.41, 5.74) is 0.974. The lowest BCUT2D eigenvalue weighted by atomic mass is 10.1. The summed E-state index contributed by atoms with van der Waals surface area (Å²) < 4.78 is 0.936. The lowest BCUT2D eigenvalue weighted by Crippen LogP contribution is -2.53. The highest BCUT2D eigenvalue weighted by molar-refractivity contribution is 14.1. The maximum absolute atomic E-state index is 6.59. The summed E-state index contributed by atoms with van der Waals surface area (Å²) in [6.07, 6.45) is 21.3. The monoisotopic (exact) mass is 598 g/mol. The third kappa shape index (κ3) is 10.9. The summed E-state index contributed by atoms with van der Waals surface area (Å²) in [6, 6.07) is 3.60. The van der Waals surface area contributed by atoms with Crippen LogP contribution >= 0.6 is 57.4 Å². The molecule has 0 bridgehead atoms.